The Bertz CT molecular complexity index is 1020. The molecule has 0 spiro atoms. The Morgan fingerprint density at radius 3 is 2.52 bits per heavy atom. The molecule has 0 bridgehead atoms. The van der Waals surface area contributed by atoms with Crippen molar-refractivity contribution in [3.05, 3.63) is 63.6 Å². The van der Waals surface area contributed by atoms with Gasteiger partial charge in [0, 0.05) is 36.6 Å². The molecule has 3 aromatic rings. The number of nitrogens with zero attached hydrogens (tertiary/aromatic N) is 3. The van der Waals surface area contributed by atoms with Crippen LogP contribution in [0.15, 0.2) is 52.5 Å². The summed E-state index contributed by atoms with van der Waals surface area (Å²) in [6, 6.07) is 11.7. The third kappa shape index (κ3) is 4.16. The molecule has 1 amide bonds. The quantitative estimate of drug-likeness (QED) is 0.529. The van der Waals surface area contributed by atoms with Gasteiger partial charge in [0.15, 0.2) is 5.76 Å². The fourth-order valence-corrected chi connectivity index (χ4v) is 5.85. The van der Waals surface area contributed by atoms with Gasteiger partial charge in [-0.3, -0.25) is 9.69 Å². The average molecular weight is 456 g/mol. The zero-order valence-corrected chi connectivity index (χ0v) is 19.0. The van der Waals surface area contributed by atoms with Crippen LogP contribution < -0.4 is 0 Å². The van der Waals surface area contributed by atoms with Gasteiger partial charge in [0.2, 0.25) is 5.91 Å². The number of hydrogen-bond acceptors (Lipinski definition) is 5. The normalized spacial score (nSPS) is 19.1. The van der Waals surface area contributed by atoms with E-state index < -0.39 is 0 Å². The van der Waals surface area contributed by atoms with E-state index in [4.69, 9.17) is 21.0 Å². The molecule has 0 atom stereocenters. The second kappa shape index (κ2) is 8.77. The van der Waals surface area contributed by atoms with E-state index in [-0.39, 0.29) is 5.41 Å². The van der Waals surface area contributed by atoms with E-state index in [2.05, 4.69) is 9.80 Å². The molecule has 162 valence electrons. The Hall–Kier alpha value is -2.15. The van der Waals surface area contributed by atoms with Crippen LogP contribution in [-0.4, -0.2) is 46.9 Å². The molecule has 1 aliphatic carbocycles. The van der Waals surface area contributed by atoms with Gasteiger partial charge in [0.05, 0.1) is 18.2 Å². The molecular formula is C24H26ClN3O2S. The van der Waals surface area contributed by atoms with Crippen LogP contribution in [0, 0.1) is 0 Å². The summed E-state index contributed by atoms with van der Waals surface area (Å²) in [4.78, 5) is 22.8. The van der Waals surface area contributed by atoms with E-state index in [0.717, 1.165) is 85.5 Å². The van der Waals surface area contributed by atoms with Crippen molar-refractivity contribution in [2.75, 3.05) is 26.2 Å². The highest BCUT2D eigenvalue weighted by molar-refractivity contribution is 7.09. The molecule has 5 nitrogen and oxygen atoms in total. The van der Waals surface area contributed by atoms with Crippen molar-refractivity contribution in [2.45, 2.75) is 37.6 Å². The van der Waals surface area contributed by atoms with Gasteiger partial charge in [0.1, 0.15) is 10.7 Å². The highest BCUT2D eigenvalue weighted by Crippen LogP contribution is 2.43. The number of halogens is 1. The Balaban J connectivity index is 1.22. The number of benzene rings is 1. The Kier molecular flexibility index (Phi) is 5.87. The van der Waals surface area contributed by atoms with Gasteiger partial charge in [-0.05, 0) is 42.7 Å². The maximum Gasteiger partial charge on any atom is 0.233 e. The van der Waals surface area contributed by atoms with Crippen molar-refractivity contribution in [2.24, 2.45) is 0 Å². The van der Waals surface area contributed by atoms with Gasteiger partial charge in [0.25, 0.3) is 0 Å². The fourth-order valence-electron chi connectivity index (χ4n) is 4.90. The number of piperazine rings is 1. The minimum atomic E-state index is -0.375. The molecule has 0 radical (unpaired) electrons. The highest BCUT2D eigenvalue weighted by Gasteiger charge is 2.45. The molecule has 1 saturated carbocycles. The van der Waals surface area contributed by atoms with E-state index in [1.54, 1.807) is 17.6 Å². The molecule has 1 aromatic carbocycles. The maximum atomic E-state index is 13.7. The van der Waals surface area contributed by atoms with E-state index >= 15 is 0 Å². The largest absolute Gasteiger partial charge is 0.463 e. The zero-order chi connectivity index (χ0) is 21.3. The molecule has 3 heterocycles. The molecule has 31 heavy (non-hydrogen) atoms. The number of thiazole rings is 1. The van der Waals surface area contributed by atoms with Crippen molar-refractivity contribution in [3.8, 4) is 11.5 Å². The van der Waals surface area contributed by atoms with Crippen molar-refractivity contribution in [1.29, 1.82) is 0 Å². The van der Waals surface area contributed by atoms with Gasteiger partial charge < -0.3 is 9.32 Å². The van der Waals surface area contributed by atoms with Crippen molar-refractivity contribution < 1.29 is 9.21 Å². The van der Waals surface area contributed by atoms with Crippen LogP contribution >= 0.6 is 22.9 Å². The van der Waals surface area contributed by atoms with Crippen LogP contribution in [0.25, 0.3) is 11.5 Å². The Morgan fingerprint density at radius 2 is 1.84 bits per heavy atom. The lowest BCUT2D eigenvalue weighted by molar-refractivity contribution is -0.139. The van der Waals surface area contributed by atoms with Crippen molar-refractivity contribution in [3.63, 3.8) is 0 Å². The summed E-state index contributed by atoms with van der Waals surface area (Å²) < 4.78 is 5.44. The minimum absolute atomic E-state index is 0.293. The predicted octanol–water partition coefficient (Wildman–Crippen LogP) is 5.21. The molecule has 0 N–H and O–H groups in total. The Morgan fingerprint density at radius 1 is 1.10 bits per heavy atom. The first kappa shape index (κ1) is 20.7. The van der Waals surface area contributed by atoms with Crippen molar-refractivity contribution in [1.82, 2.24) is 14.8 Å². The number of carbonyl (C=O) groups excluding carboxylic acids is 1. The number of hydrogen-bond donors (Lipinski definition) is 0. The van der Waals surface area contributed by atoms with Crippen LogP contribution in [0.4, 0.5) is 0 Å². The van der Waals surface area contributed by atoms with E-state index in [9.17, 15) is 4.79 Å². The summed E-state index contributed by atoms with van der Waals surface area (Å²) in [6.45, 7) is 4.10. The van der Waals surface area contributed by atoms with E-state index in [1.807, 2.05) is 41.8 Å². The molecular weight excluding hydrogens is 430 g/mol. The molecule has 5 rings (SSSR count). The predicted molar refractivity (Wildman–Crippen MR) is 123 cm³/mol. The lowest BCUT2D eigenvalue weighted by Crippen LogP contribution is -2.53. The first-order chi connectivity index (χ1) is 15.1. The second-order valence-electron chi connectivity index (χ2n) is 8.47. The standard InChI is InChI=1S/C24H26ClN3O2S/c25-19-7-5-18(6-8-19)24(9-1-2-10-24)23(29)28-13-11-27(12-14-28)16-22-26-20(17-31-22)21-4-3-15-30-21/h3-8,15,17H,1-2,9-14,16H2. The monoisotopic (exact) mass is 455 g/mol. The van der Waals surface area contributed by atoms with E-state index in [0.29, 0.717) is 5.91 Å². The summed E-state index contributed by atoms with van der Waals surface area (Å²) in [7, 11) is 0. The molecule has 7 heteroatoms. The molecule has 1 aliphatic heterocycles. The van der Waals surface area contributed by atoms with Gasteiger partial charge in [-0.15, -0.1) is 11.3 Å². The first-order valence-electron chi connectivity index (χ1n) is 10.9. The Labute approximate surface area is 191 Å². The highest BCUT2D eigenvalue weighted by atomic mass is 35.5. The molecule has 2 aromatic heterocycles. The number of amides is 1. The van der Waals surface area contributed by atoms with Crippen LogP contribution in [0.1, 0.15) is 36.3 Å². The molecule has 2 fully saturated rings. The minimum Gasteiger partial charge on any atom is -0.463 e. The van der Waals surface area contributed by atoms with Crippen molar-refractivity contribution >= 4 is 28.8 Å². The summed E-state index contributed by atoms with van der Waals surface area (Å²) in [5.74, 6) is 1.10. The second-order valence-corrected chi connectivity index (χ2v) is 9.85. The summed E-state index contributed by atoms with van der Waals surface area (Å²) >= 11 is 7.76. The van der Waals surface area contributed by atoms with Gasteiger partial charge in [-0.25, -0.2) is 4.98 Å². The average Bonchev–Trinajstić information content (AvgIpc) is 3.56. The first-order valence-corrected chi connectivity index (χ1v) is 12.2. The maximum absolute atomic E-state index is 13.7. The third-order valence-corrected chi connectivity index (χ3v) is 7.69. The van der Waals surface area contributed by atoms with E-state index in [1.165, 1.54) is 0 Å². The number of rotatable bonds is 5. The van der Waals surface area contributed by atoms with Crippen LogP contribution in [-0.2, 0) is 16.8 Å². The third-order valence-electron chi connectivity index (χ3n) is 6.61. The number of furan rings is 1. The molecule has 2 aliphatic rings. The van der Waals surface area contributed by atoms with Gasteiger partial charge in [-0.2, -0.15) is 0 Å². The zero-order valence-electron chi connectivity index (χ0n) is 17.4. The SMILES string of the molecule is O=C(N1CCN(Cc2nc(-c3ccco3)cs2)CC1)C1(c2ccc(Cl)cc2)CCCC1. The van der Waals surface area contributed by atoms with Gasteiger partial charge >= 0.3 is 0 Å². The van der Waals surface area contributed by atoms with Crippen LogP contribution in [0.2, 0.25) is 5.02 Å². The van der Waals surface area contributed by atoms with Crippen LogP contribution in [0.5, 0.6) is 0 Å². The summed E-state index contributed by atoms with van der Waals surface area (Å²) in [5, 5.41) is 3.85. The number of carbonyl (C=O) groups is 1. The summed E-state index contributed by atoms with van der Waals surface area (Å²) in [5.41, 5.74) is 1.64. The topological polar surface area (TPSA) is 49.6 Å². The lowest BCUT2D eigenvalue weighted by Gasteiger charge is -2.40. The van der Waals surface area contributed by atoms with Gasteiger partial charge in [-0.1, -0.05) is 36.6 Å². The molecule has 0 unspecified atom stereocenters. The lowest BCUT2D eigenvalue weighted by atomic mass is 9.77. The van der Waals surface area contributed by atoms with Crippen LogP contribution in [0.3, 0.4) is 0 Å². The fraction of sp³-hybridized carbons (Fsp3) is 0.417. The smallest absolute Gasteiger partial charge is 0.233 e. The molecule has 1 saturated heterocycles. The number of aromatic nitrogens is 1. The summed E-state index contributed by atoms with van der Waals surface area (Å²) in [6.07, 6.45) is 5.75.